The van der Waals surface area contributed by atoms with E-state index in [1.54, 1.807) is 17.5 Å². The molecule has 126 valence electrons. The fraction of sp³-hybridized carbons (Fsp3) is 0.0714. The number of nitrogens with one attached hydrogen (secondary N) is 2. The van der Waals surface area contributed by atoms with Gasteiger partial charge >= 0.3 is 5.97 Å². The van der Waals surface area contributed by atoms with Gasteiger partial charge in [-0.1, -0.05) is 29.3 Å². The van der Waals surface area contributed by atoms with E-state index < -0.39 is 24.4 Å². The number of thiophene rings is 1. The lowest BCUT2D eigenvalue weighted by Gasteiger charge is -2.09. The maximum absolute atomic E-state index is 11.9. The van der Waals surface area contributed by atoms with Crippen LogP contribution in [0.1, 0.15) is 20.0 Å². The highest BCUT2D eigenvalue weighted by molar-refractivity contribution is 7.12. The number of nitrogens with two attached hydrogens (primary N) is 1. The Morgan fingerprint density at radius 3 is 2.62 bits per heavy atom. The predicted molar refractivity (Wildman–Crippen MR) is 91.1 cm³/mol. The van der Waals surface area contributed by atoms with Crippen LogP contribution >= 0.6 is 34.5 Å². The summed E-state index contributed by atoms with van der Waals surface area (Å²) in [4.78, 5) is 35.5. The summed E-state index contributed by atoms with van der Waals surface area (Å²) in [7, 11) is 0. The van der Waals surface area contributed by atoms with Gasteiger partial charge in [0.05, 0.1) is 21.2 Å². The zero-order valence-corrected chi connectivity index (χ0v) is 14.3. The van der Waals surface area contributed by atoms with Crippen LogP contribution in [0.4, 0.5) is 5.69 Å². The van der Waals surface area contributed by atoms with Crippen molar-refractivity contribution < 1.29 is 19.1 Å². The maximum Gasteiger partial charge on any atom is 0.340 e. The smallest absolute Gasteiger partial charge is 0.340 e. The number of nitrogen functional groups attached to an aromatic ring is 1. The molecule has 0 aliphatic rings. The second-order valence-electron chi connectivity index (χ2n) is 4.40. The average molecular weight is 388 g/mol. The summed E-state index contributed by atoms with van der Waals surface area (Å²) in [6.07, 6.45) is 0. The Morgan fingerprint density at radius 1 is 1.21 bits per heavy atom. The molecule has 0 unspecified atom stereocenters. The predicted octanol–water partition coefficient (Wildman–Crippen LogP) is 2.26. The fourth-order valence-corrected chi connectivity index (χ4v) is 2.71. The van der Waals surface area contributed by atoms with Crippen molar-refractivity contribution in [3.05, 3.63) is 50.1 Å². The van der Waals surface area contributed by atoms with Crippen LogP contribution in [0.5, 0.6) is 0 Å². The summed E-state index contributed by atoms with van der Waals surface area (Å²) >= 11 is 12.8. The number of ether oxygens (including phenoxy) is 1. The molecule has 2 amide bonds. The van der Waals surface area contributed by atoms with E-state index in [4.69, 9.17) is 33.7 Å². The minimum Gasteiger partial charge on any atom is -0.452 e. The third-order valence-electron chi connectivity index (χ3n) is 2.71. The highest BCUT2D eigenvalue weighted by atomic mass is 35.5. The quantitative estimate of drug-likeness (QED) is 0.423. The molecule has 0 bridgehead atoms. The van der Waals surface area contributed by atoms with Crippen LogP contribution in [-0.2, 0) is 9.53 Å². The molecule has 0 saturated carbocycles. The van der Waals surface area contributed by atoms with Gasteiger partial charge in [-0.05, 0) is 23.6 Å². The van der Waals surface area contributed by atoms with Crippen molar-refractivity contribution >= 4 is 58.0 Å². The lowest BCUT2D eigenvalue weighted by molar-refractivity contribution is -0.125. The third kappa shape index (κ3) is 4.60. The van der Waals surface area contributed by atoms with Gasteiger partial charge in [0.2, 0.25) is 0 Å². The van der Waals surface area contributed by atoms with E-state index in [1.807, 2.05) is 0 Å². The minimum absolute atomic E-state index is 0.00234. The molecular weight excluding hydrogens is 377 g/mol. The zero-order chi connectivity index (χ0) is 17.7. The van der Waals surface area contributed by atoms with Crippen LogP contribution in [0.15, 0.2) is 29.6 Å². The highest BCUT2D eigenvalue weighted by Crippen LogP contribution is 2.27. The van der Waals surface area contributed by atoms with Gasteiger partial charge < -0.3 is 10.5 Å². The molecule has 0 radical (unpaired) electrons. The highest BCUT2D eigenvalue weighted by Gasteiger charge is 2.17. The molecule has 1 aromatic carbocycles. The summed E-state index contributed by atoms with van der Waals surface area (Å²) in [5.74, 6) is -2.06. The first-order valence-electron chi connectivity index (χ1n) is 6.43. The normalized spacial score (nSPS) is 10.1. The van der Waals surface area contributed by atoms with Gasteiger partial charge in [-0.2, -0.15) is 0 Å². The first-order chi connectivity index (χ1) is 11.4. The van der Waals surface area contributed by atoms with E-state index in [2.05, 4.69) is 10.9 Å². The van der Waals surface area contributed by atoms with Crippen molar-refractivity contribution in [2.24, 2.45) is 0 Å². The minimum atomic E-state index is -0.864. The zero-order valence-electron chi connectivity index (χ0n) is 12.0. The van der Waals surface area contributed by atoms with Crippen molar-refractivity contribution in [2.45, 2.75) is 0 Å². The molecule has 1 aromatic heterocycles. The lowest BCUT2D eigenvalue weighted by Crippen LogP contribution is -2.43. The molecule has 0 spiro atoms. The van der Waals surface area contributed by atoms with E-state index in [0.717, 1.165) is 0 Å². The first kappa shape index (κ1) is 18.1. The van der Waals surface area contributed by atoms with Crippen molar-refractivity contribution in [1.29, 1.82) is 0 Å². The molecule has 4 N–H and O–H groups in total. The standard InChI is InChI=1S/C14H11Cl2N3O4S/c15-7-4-8(12(17)9(16)5-7)14(22)23-6-11(20)18-19-13(21)10-2-1-3-24-10/h1-5H,6,17H2,(H,18,20)(H,19,21). The van der Waals surface area contributed by atoms with Crippen LogP contribution in [0.3, 0.4) is 0 Å². The summed E-state index contributed by atoms with van der Waals surface area (Å²) in [6.45, 7) is -0.618. The Hall–Kier alpha value is -2.29. The number of hydrogen-bond donors (Lipinski definition) is 3. The number of benzene rings is 1. The second-order valence-corrected chi connectivity index (χ2v) is 6.20. The van der Waals surface area contributed by atoms with Gasteiger partial charge in [-0.25, -0.2) is 4.79 Å². The number of hydrogen-bond acceptors (Lipinski definition) is 6. The number of esters is 1. The Kier molecular flexibility index (Phi) is 6.02. The van der Waals surface area contributed by atoms with Gasteiger partial charge in [0, 0.05) is 5.02 Å². The number of rotatable bonds is 4. The average Bonchev–Trinajstić information content (AvgIpc) is 3.08. The summed E-state index contributed by atoms with van der Waals surface area (Å²) in [5.41, 5.74) is 9.92. The van der Waals surface area contributed by atoms with Crippen LogP contribution in [-0.4, -0.2) is 24.4 Å². The maximum atomic E-state index is 11.9. The van der Waals surface area contributed by atoms with Crippen LogP contribution in [0.25, 0.3) is 0 Å². The summed E-state index contributed by atoms with van der Waals surface area (Å²) in [5, 5.41) is 2.02. The molecular formula is C14H11Cl2N3O4S. The second kappa shape index (κ2) is 8.00. The van der Waals surface area contributed by atoms with Gasteiger partial charge in [-0.15, -0.1) is 11.3 Å². The number of anilines is 1. The van der Waals surface area contributed by atoms with Crippen molar-refractivity contribution in [3.63, 3.8) is 0 Å². The topological polar surface area (TPSA) is 111 Å². The summed E-state index contributed by atoms with van der Waals surface area (Å²) in [6, 6.07) is 5.95. The Labute approximate surface area is 150 Å². The van der Waals surface area contributed by atoms with Gasteiger partial charge in [0.15, 0.2) is 6.61 Å². The van der Waals surface area contributed by atoms with Gasteiger partial charge in [0.25, 0.3) is 11.8 Å². The Morgan fingerprint density at radius 2 is 1.96 bits per heavy atom. The molecule has 2 aromatic rings. The molecule has 0 aliphatic carbocycles. The van der Waals surface area contributed by atoms with Crippen LogP contribution in [0, 0.1) is 0 Å². The largest absolute Gasteiger partial charge is 0.452 e. The van der Waals surface area contributed by atoms with Crippen molar-refractivity contribution in [2.75, 3.05) is 12.3 Å². The molecule has 24 heavy (non-hydrogen) atoms. The van der Waals surface area contributed by atoms with E-state index >= 15 is 0 Å². The number of halogens is 2. The molecule has 2 rings (SSSR count). The number of amides is 2. The van der Waals surface area contributed by atoms with Gasteiger partial charge in [-0.3, -0.25) is 20.4 Å². The number of carbonyl (C=O) groups is 3. The molecule has 10 heteroatoms. The van der Waals surface area contributed by atoms with Crippen LogP contribution < -0.4 is 16.6 Å². The molecule has 0 fully saturated rings. The number of hydrazine groups is 1. The molecule has 7 nitrogen and oxygen atoms in total. The fourth-order valence-electron chi connectivity index (χ4n) is 1.59. The van der Waals surface area contributed by atoms with E-state index in [0.29, 0.717) is 4.88 Å². The van der Waals surface area contributed by atoms with Crippen LogP contribution in [0.2, 0.25) is 10.0 Å². The lowest BCUT2D eigenvalue weighted by atomic mass is 10.2. The molecule has 0 saturated heterocycles. The molecule has 1 heterocycles. The summed E-state index contributed by atoms with van der Waals surface area (Å²) < 4.78 is 4.81. The Balaban J connectivity index is 1.85. The molecule has 0 aliphatic heterocycles. The number of carbonyl (C=O) groups excluding carboxylic acids is 3. The third-order valence-corrected chi connectivity index (χ3v) is 4.11. The van der Waals surface area contributed by atoms with Gasteiger partial charge in [0.1, 0.15) is 0 Å². The monoisotopic (exact) mass is 387 g/mol. The van der Waals surface area contributed by atoms with E-state index in [1.165, 1.54) is 23.5 Å². The Bertz CT molecular complexity index is 781. The SMILES string of the molecule is Nc1c(Cl)cc(Cl)cc1C(=O)OCC(=O)NNC(=O)c1cccs1. The van der Waals surface area contributed by atoms with Crippen molar-refractivity contribution in [3.8, 4) is 0 Å². The van der Waals surface area contributed by atoms with E-state index in [9.17, 15) is 14.4 Å². The van der Waals surface area contributed by atoms with E-state index in [-0.39, 0.29) is 21.3 Å². The van der Waals surface area contributed by atoms with Crippen molar-refractivity contribution in [1.82, 2.24) is 10.9 Å². The molecule has 0 atom stereocenters. The first-order valence-corrected chi connectivity index (χ1v) is 8.06.